The first-order chi connectivity index (χ1) is 5.66. The topological polar surface area (TPSA) is 33.1 Å². The number of hydrogen-bond donors (Lipinski definition) is 1. The Bertz CT molecular complexity index is 284. The van der Waals surface area contributed by atoms with Crippen LogP contribution >= 0.6 is 0 Å². The smallest absolute Gasteiger partial charge is 0.213 e. The van der Waals surface area contributed by atoms with E-state index in [0.29, 0.717) is 0 Å². The summed E-state index contributed by atoms with van der Waals surface area (Å²) in [6.45, 7) is 3.96. The predicted molar refractivity (Wildman–Crippen MR) is 49.8 cm³/mol. The number of benzene rings is 1. The van der Waals surface area contributed by atoms with Crippen molar-refractivity contribution in [1.82, 2.24) is 0 Å². The number of nitrogens with one attached hydrogen (secondary N) is 1. The lowest BCUT2D eigenvalue weighted by Gasteiger charge is -2.08. The Morgan fingerprint density at radius 1 is 1.25 bits per heavy atom. The molecule has 0 aliphatic rings. The molecule has 0 fully saturated rings. The molecule has 0 saturated heterocycles. The van der Waals surface area contributed by atoms with E-state index in [9.17, 15) is 0 Å². The monoisotopic (exact) mass is 163 g/mol. The maximum atomic E-state index is 7.54. The van der Waals surface area contributed by atoms with E-state index in [1.807, 2.05) is 32.0 Å². The second-order valence-electron chi connectivity index (χ2n) is 2.80. The van der Waals surface area contributed by atoms with Crippen LogP contribution in [0.2, 0.25) is 0 Å². The van der Waals surface area contributed by atoms with Gasteiger partial charge in [0.25, 0.3) is 0 Å². The molecule has 0 aliphatic carbocycles. The van der Waals surface area contributed by atoms with Crippen LogP contribution in [0.25, 0.3) is 0 Å². The summed E-state index contributed by atoms with van der Waals surface area (Å²) in [5.74, 6) is 0.241. The maximum Gasteiger partial charge on any atom is 0.213 e. The lowest BCUT2D eigenvalue weighted by atomic mass is 10.0. The first-order valence-corrected chi connectivity index (χ1v) is 3.86. The van der Waals surface area contributed by atoms with Crippen LogP contribution in [0.1, 0.15) is 16.7 Å². The molecule has 0 aliphatic heterocycles. The molecule has 12 heavy (non-hydrogen) atoms. The third kappa shape index (κ3) is 1.47. The van der Waals surface area contributed by atoms with Crippen LogP contribution in [0.15, 0.2) is 18.2 Å². The van der Waals surface area contributed by atoms with Crippen molar-refractivity contribution in [2.75, 3.05) is 7.11 Å². The van der Waals surface area contributed by atoms with Gasteiger partial charge in [0.2, 0.25) is 5.90 Å². The summed E-state index contributed by atoms with van der Waals surface area (Å²) in [5, 5.41) is 7.54. The van der Waals surface area contributed by atoms with Gasteiger partial charge in [-0.15, -0.1) is 0 Å². The zero-order chi connectivity index (χ0) is 9.14. The lowest BCUT2D eigenvalue weighted by molar-refractivity contribution is 0.400. The fraction of sp³-hybridized carbons (Fsp3) is 0.300. The van der Waals surface area contributed by atoms with E-state index >= 15 is 0 Å². The highest BCUT2D eigenvalue weighted by Gasteiger charge is 2.06. The van der Waals surface area contributed by atoms with E-state index in [1.165, 1.54) is 7.11 Å². The quantitative estimate of drug-likeness (QED) is 0.500. The van der Waals surface area contributed by atoms with Gasteiger partial charge in [0, 0.05) is 5.56 Å². The summed E-state index contributed by atoms with van der Waals surface area (Å²) in [6, 6.07) is 5.95. The van der Waals surface area contributed by atoms with Gasteiger partial charge in [-0.05, 0) is 25.0 Å². The molecule has 1 aromatic carbocycles. The van der Waals surface area contributed by atoms with E-state index in [-0.39, 0.29) is 5.90 Å². The van der Waals surface area contributed by atoms with Crippen molar-refractivity contribution in [2.24, 2.45) is 0 Å². The first kappa shape index (κ1) is 8.78. The predicted octanol–water partition coefficient (Wildman–Crippen LogP) is 2.28. The minimum absolute atomic E-state index is 0.241. The Labute approximate surface area is 72.7 Å². The molecule has 64 valence electrons. The molecule has 0 radical (unpaired) electrons. The number of rotatable bonds is 1. The van der Waals surface area contributed by atoms with Crippen molar-refractivity contribution < 1.29 is 4.74 Å². The third-order valence-electron chi connectivity index (χ3n) is 1.91. The molecule has 2 heteroatoms. The van der Waals surface area contributed by atoms with Crippen LogP contribution in [-0.4, -0.2) is 13.0 Å². The fourth-order valence-corrected chi connectivity index (χ4v) is 1.27. The molecule has 2 nitrogen and oxygen atoms in total. The minimum Gasteiger partial charge on any atom is -0.481 e. The highest BCUT2D eigenvalue weighted by Crippen LogP contribution is 2.13. The molecule has 1 N–H and O–H groups in total. The summed E-state index contributed by atoms with van der Waals surface area (Å²) >= 11 is 0. The molecule has 0 aromatic heterocycles. The molecule has 1 aromatic rings. The molecule has 0 atom stereocenters. The highest BCUT2D eigenvalue weighted by atomic mass is 16.5. The highest BCUT2D eigenvalue weighted by molar-refractivity contribution is 5.94. The van der Waals surface area contributed by atoms with Crippen molar-refractivity contribution in [3.63, 3.8) is 0 Å². The van der Waals surface area contributed by atoms with Gasteiger partial charge in [0.05, 0.1) is 7.11 Å². The average Bonchev–Trinajstić information content (AvgIpc) is 2.03. The van der Waals surface area contributed by atoms with Gasteiger partial charge in [0.1, 0.15) is 0 Å². The number of methoxy groups -OCH3 is 1. The van der Waals surface area contributed by atoms with E-state index < -0.39 is 0 Å². The van der Waals surface area contributed by atoms with Gasteiger partial charge in [-0.3, -0.25) is 5.41 Å². The lowest BCUT2D eigenvalue weighted by Crippen LogP contribution is -2.05. The van der Waals surface area contributed by atoms with Gasteiger partial charge >= 0.3 is 0 Å². The Kier molecular flexibility index (Phi) is 2.48. The summed E-state index contributed by atoms with van der Waals surface area (Å²) < 4.78 is 4.88. The molecule has 0 saturated carbocycles. The molecule has 0 heterocycles. The standard InChI is InChI=1S/C10H13NO/c1-7-5-4-6-8(2)9(7)10(11)12-3/h4-6,11H,1-3H3. The van der Waals surface area contributed by atoms with Gasteiger partial charge in [-0.2, -0.15) is 0 Å². The molecule has 0 spiro atoms. The Balaban J connectivity index is 3.21. The molecular formula is C10H13NO. The van der Waals surface area contributed by atoms with Crippen molar-refractivity contribution in [1.29, 1.82) is 5.41 Å². The number of ether oxygens (including phenoxy) is 1. The van der Waals surface area contributed by atoms with E-state index in [1.54, 1.807) is 0 Å². The zero-order valence-corrected chi connectivity index (χ0v) is 7.64. The first-order valence-electron chi connectivity index (χ1n) is 3.86. The summed E-state index contributed by atoms with van der Waals surface area (Å²) in [7, 11) is 1.52. The molecule has 0 bridgehead atoms. The van der Waals surface area contributed by atoms with Crippen LogP contribution in [0, 0.1) is 19.3 Å². The van der Waals surface area contributed by atoms with Crippen molar-refractivity contribution in [2.45, 2.75) is 13.8 Å². The van der Waals surface area contributed by atoms with Gasteiger partial charge < -0.3 is 4.74 Å². The minimum atomic E-state index is 0.241. The Morgan fingerprint density at radius 3 is 2.17 bits per heavy atom. The number of aryl methyl sites for hydroxylation is 2. The second kappa shape index (κ2) is 3.39. The third-order valence-corrected chi connectivity index (χ3v) is 1.91. The Morgan fingerprint density at radius 2 is 1.75 bits per heavy atom. The molecule has 0 amide bonds. The molecular weight excluding hydrogens is 150 g/mol. The SMILES string of the molecule is COC(=N)c1c(C)cccc1C. The number of hydrogen-bond acceptors (Lipinski definition) is 2. The van der Waals surface area contributed by atoms with E-state index in [2.05, 4.69) is 0 Å². The van der Waals surface area contributed by atoms with Crippen molar-refractivity contribution in [3.05, 3.63) is 34.9 Å². The van der Waals surface area contributed by atoms with E-state index in [0.717, 1.165) is 16.7 Å². The Hall–Kier alpha value is -1.31. The van der Waals surface area contributed by atoms with Crippen LogP contribution in [0.5, 0.6) is 0 Å². The molecule has 0 unspecified atom stereocenters. The van der Waals surface area contributed by atoms with Gasteiger partial charge in [-0.25, -0.2) is 0 Å². The summed E-state index contributed by atoms with van der Waals surface area (Å²) in [6.07, 6.45) is 0. The fourth-order valence-electron chi connectivity index (χ4n) is 1.27. The molecule has 1 rings (SSSR count). The van der Waals surface area contributed by atoms with E-state index in [4.69, 9.17) is 10.1 Å². The normalized spacial score (nSPS) is 9.58. The van der Waals surface area contributed by atoms with Crippen molar-refractivity contribution in [3.8, 4) is 0 Å². The summed E-state index contributed by atoms with van der Waals surface area (Å²) in [5.41, 5.74) is 3.07. The van der Waals surface area contributed by atoms with Crippen LogP contribution in [0.4, 0.5) is 0 Å². The van der Waals surface area contributed by atoms with Gasteiger partial charge in [-0.1, -0.05) is 18.2 Å². The maximum absolute atomic E-state index is 7.54. The van der Waals surface area contributed by atoms with Crippen LogP contribution < -0.4 is 0 Å². The van der Waals surface area contributed by atoms with Crippen molar-refractivity contribution >= 4 is 5.90 Å². The average molecular weight is 163 g/mol. The largest absolute Gasteiger partial charge is 0.481 e. The van der Waals surface area contributed by atoms with Crippen LogP contribution in [0.3, 0.4) is 0 Å². The second-order valence-corrected chi connectivity index (χ2v) is 2.80. The summed E-state index contributed by atoms with van der Waals surface area (Å²) in [4.78, 5) is 0. The van der Waals surface area contributed by atoms with Crippen LogP contribution in [-0.2, 0) is 4.74 Å². The van der Waals surface area contributed by atoms with Gasteiger partial charge in [0.15, 0.2) is 0 Å². The zero-order valence-electron chi connectivity index (χ0n) is 7.64.